The van der Waals surface area contributed by atoms with Gasteiger partial charge in [0.1, 0.15) is 0 Å². The highest BCUT2D eigenvalue weighted by molar-refractivity contribution is 5.79. The molecule has 2 heteroatoms. The fourth-order valence-electron chi connectivity index (χ4n) is 1.31. The van der Waals surface area contributed by atoms with Crippen LogP contribution in [0.5, 0.6) is 0 Å². The Bertz CT molecular complexity index is 435. The summed E-state index contributed by atoms with van der Waals surface area (Å²) in [7, 11) is 0. The van der Waals surface area contributed by atoms with Crippen LogP contribution in [0.4, 0.5) is 0 Å². The Morgan fingerprint density at radius 2 is 1.31 bits per heavy atom. The molecule has 0 heterocycles. The number of rotatable bonds is 4. The first-order valence-electron chi connectivity index (χ1n) is 5.17. The van der Waals surface area contributed by atoms with Crippen LogP contribution in [0, 0.1) is 6.54 Å². The largest absolute Gasteiger partial charge is 0.300 e. The van der Waals surface area contributed by atoms with E-state index in [1.807, 2.05) is 67.2 Å². The van der Waals surface area contributed by atoms with Crippen molar-refractivity contribution in [2.45, 2.75) is 0 Å². The molecule has 1 N–H and O–H groups in total. The van der Waals surface area contributed by atoms with Crippen molar-refractivity contribution in [3.63, 3.8) is 0 Å². The Balaban J connectivity index is 1.83. The minimum atomic E-state index is 1.08. The van der Waals surface area contributed by atoms with E-state index < -0.39 is 0 Å². The standard InChI is InChI=1S/C14H13N2/c1-3-7-13(8-4-1)11-15-16-12-14-9-5-2-6-10-14/h1-12,15H. The van der Waals surface area contributed by atoms with Crippen LogP contribution in [0.1, 0.15) is 11.1 Å². The molecule has 0 amide bonds. The van der Waals surface area contributed by atoms with E-state index in [0.29, 0.717) is 0 Å². The fraction of sp³-hybridized carbons (Fsp3) is 0. The second-order valence-electron chi connectivity index (χ2n) is 3.35. The molecule has 2 nitrogen and oxygen atoms in total. The Morgan fingerprint density at radius 3 is 1.94 bits per heavy atom. The number of nitrogens with zero attached hydrogens (tertiary/aromatic N) is 1. The highest BCUT2D eigenvalue weighted by Crippen LogP contribution is 1.99. The molecule has 1 radical (unpaired) electrons. The summed E-state index contributed by atoms with van der Waals surface area (Å²) in [6.45, 7) is 1.86. The second kappa shape index (κ2) is 5.71. The maximum atomic E-state index is 4.11. The summed E-state index contributed by atoms with van der Waals surface area (Å²) in [5.74, 6) is 0. The molecule has 0 saturated carbocycles. The smallest absolute Gasteiger partial charge is 0.0948 e. The molecule has 0 aliphatic rings. The van der Waals surface area contributed by atoms with Gasteiger partial charge in [-0.05, 0) is 11.1 Å². The van der Waals surface area contributed by atoms with Gasteiger partial charge in [0.15, 0.2) is 0 Å². The molecule has 0 unspecified atom stereocenters. The maximum absolute atomic E-state index is 4.11. The van der Waals surface area contributed by atoms with Crippen molar-refractivity contribution in [2.75, 3.05) is 0 Å². The quantitative estimate of drug-likeness (QED) is 0.607. The first-order chi connectivity index (χ1) is 7.95. The molecule has 2 aromatic rings. The lowest BCUT2D eigenvalue weighted by Gasteiger charge is -1.98. The van der Waals surface area contributed by atoms with E-state index in [9.17, 15) is 0 Å². The molecule has 0 aliphatic heterocycles. The lowest BCUT2D eigenvalue weighted by molar-refractivity contribution is 0.905. The first kappa shape index (κ1) is 10.4. The van der Waals surface area contributed by atoms with Crippen LogP contribution in [0.25, 0.3) is 0 Å². The fourth-order valence-corrected chi connectivity index (χ4v) is 1.31. The van der Waals surface area contributed by atoms with Crippen molar-refractivity contribution in [3.8, 4) is 0 Å². The Labute approximate surface area is 95.6 Å². The number of benzene rings is 2. The van der Waals surface area contributed by atoms with Crippen LogP contribution in [0.2, 0.25) is 0 Å². The molecular formula is C14H13N2. The van der Waals surface area contributed by atoms with Gasteiger partial charge in [-0.1, -0.05) is 60.7 Å². The van der Waals surface area contributed by atoms with E-state index in [0.717, 1.165) is 11.1 Å². The predicted molar refractivity (Wildman–Crippen MR) is 67.0 cm³/mol. The zero-order valence-corrected chi connectivity index (χ0v) is 8.88. The van der Waals surface area contributed by atoms with Crippen LogP contribution in [0.15, 0.2) is 65.8 Å². The predicted octanol–water partition coefficient (Wildman–Crippen LogP) is 2.82. The van der Waals surface area contributed by atoms with Crippen molar-refractivity contribution in [1.82, 2.24) is 5.43 Å². The molecule has 0 fully saturated rings. The van der Waals surface area contributed by atoms with Crippen molar-refractivity contribution in [2.24, 2.45) is 5.10 Å². The van der Waals surface area contributed by atoms with Gasteiger partial charge in [0.05, 0.1) is 12.8 Å². The molecule has 79 valence electrons. The summed E-state index contributed by atoms with van der Waals surface area (Å²) < 4.78 is 0. The Kier molecular flexibility index (Phi) is 3.72. The number of hydrogen-bond acceptors (Lipinski definition) is 2. The molecule has 2 aromatic carbocycles. The monoisotopic (exact) mass is 209 g/mol. The molecule has 0 saturated heterocycles. The van der Waals surface area contributed by atoms with Gasteiger partial charge in [-0.25, -0.2) is 0 Å². The Morgan fingerprint density at radius 1 is 0.750 bits per heavy atom. The molecule has 0 aliphatic carbocycles. The zero-order valence-electron chi connectivity index (χ0n) is 8.88. The van der Waals surface area contributed by atoms with Crippen molar-refractivity contribution in [3.05, 3.63) is 78.3 Å². The highest BCUT2D eigenvalue weighted by atomic mass is 15.3. The van der Waals surface area contributed by atoms with Crippen LogP contribution < -0.4 is 5.43 Å². The lowest BCUT2D eigenvalue weighted by atomic mass is 10.2. The summed E-state index contributed by atoms with van der Waals surface area (Å²) in [6.07, 6.45) is 1.79. The average Bonchev–Trinajstić information content (AvgIpc) is 2.37. The lowest BCUT2D eigenvalue weighted by Crippen LogP contribution is -2.02. The van der Waals surface area contributed by atoms with Gasteiger partial charge in [0.25, 0.3) is 0 Å². The zero-order chi connectivity index (χ0) is 11.1. The van der Waals surface area contributed by atoms with Crippen LogP contribution >= 0.6 is 0 Å². The van der Waals surface area contributed by atoms with Gasteiger partial charge in [-0.2, -0.15) is 5.10 Å². The normalized spacial score (nSPS) is 10.5. The number of hydrazone groups is 1. The summed E-state index contributed by atoms with van der Waals surface area (Å²) in [5.41, 5.74) is 5.08. The van der Waals surface area contributed by atoms with Gasteiger partial charge in [0, 0.05) is 0 Å². The SMILES string of the molecule is [CH](NN=Cc1ccccc1)c1ccccc1. The topological polar surface area (TPSA) is 24.4 Å². The third kappa shape index (κ3) is 3.24. The molecule has 0 bridgehead atoms. The molecular weight excluding hydrogens is 196 g/mol. The van der Waals surface area contributed by atoms with Gasteiger partial charge < -0.3 is 5.43 Å². The molecule has 0 atom stereocenters. The van der Waals surface area contributed by atoms with Crippen molar-refractivity contribution < 1.29 is 0 Å². The maximum Gasteiger partial charge on any atom is 0.0948 e. The first-order valence-corrected chi connectivity index (χ1v) is 5.17. The molecule has 2 rings (SSSR count). The van der Waals surface area contributed by atoms with Gasteiger partial charge in [-0.15, -0.1) is 0 Å². The summed E-state index contributed by atoms with van der Waals surface area (Å²) in [6, 6.07) is 20.0. The van der Waals surface area contributed by atoms with Crippen molar-refractivity contribution >= 4 is 6.21 Å². The minimum absolute atomic E-state index is 1.08. The van der Waals surface area contributed by atoms with Gasteiger partial charge in [0.2, 0.25) is 0 Å². The van der Waals surface area contributed by atoms with E-state index in [1.165, 1.54) is 0 Å². The summed E-state index contributed by atoms with van der Waals surface area (Å²) in [5, 5.41) is 4.11. The van der Waals surface area contributed by atoms with Gasteiger partial charge in [-0.3, -0.25) is 0 Å². The van der Waals surface area contributed by atoms with E-state index >= 15 is 0 Å². The number of hydrogen-bond donors (Lipinski definition) is 1. The summed E-state index contributed by atoms with van der Waals surface area (Å²) in [4.78, 5) is 0. The van der Waals surface area contributed by atoms with Crippen LogP contribution in [-0.2, 0) is 0 Å². The van der Waals surface area contributed by atoms with Crippen LogP contribution in [0.3, 0.4) is 0 Å². The average molecular weight is 209 g/mol. The third-order valence-corrected chi connectivity index (χ3v) is 2.12. The molecule has 16 heavy (non-hydrogen) atoms. The second-order valence-corrected chi connectivity index (χ2v) is 3.35. The van der Waals surface area contributed by atoms with E-state index in [1.54, 1.807) is 6.21 Å². The van der Waals surface area contributed by atoms with E-state index in [4.69, 9.17) is 0 Å². The highest BCUT2D eigenvalue weighted by Gasteiger charge is 1.88. The summed E-state index contributed by atoms with van der Waals surface area (Å²) >= 11 is 0. The molecule has 0 spiro atoms. The van der Waals surface area contributed by atoms with Gasteiger partial charge >= 0.3 is 0 Å². The van der Waals surface area contributed by atoms with Crippen molar-refractivity contribution in [1.29, 1.82) is 0 Å². The molecule has 0 aromatic heterocycles. The minimum Gasteiger partial charge on any atom is -0.300 e. The Hall–Kier alpha value is -2.09. The van der Waals surface area contributed by atoms with E-state index in [-0.39, 0.29) is 0 Å². The number of nitrogens with one attached hydrogen (secondary N) is 1. The van der Waals surface area contributed by atoms with Crippen LogP contribution in [-0.4, -0.2) is 6.21 Å². The van der Waals surface area contributed by atoms with E-state index in [2.05, 4.69) is 10.5 Å². The third-order valence-electron chi connectivity index (χ3n) is 2.12.